The van der Waals surface area contributed by atoms with Gasteiger partial charge in [-0.2, -0.15) is 8.78 Å². The average molecular weight is 400 g/mol. The summed E-state index contributed by atoms with van der Waals surface area (Å²) < 4.78 is 35.6. The number of nitrogens with zero attached hydrogens (tertiary/aromatic N) is 1. The molecule has 0 heterocycles. The quantitative estimate of drug-likeness (QED) is 0.393. The summed E-state index contributed by atoms with van der Waals surface area (Å²) in [6.07, 6.45) is 0.294. The maximum absolute atomic E-state index is 12.8. The van der Waals surface area contributed by atoms with Gasteiger partial charge >= 0.3 is 6.61 Å². The third-order valence-corrected chi connectivity index (χ3v) is 3.41. The summed E-state index contributed by atoms with van der Waals surface area (Å²) >= 11 is 0. The Labute approximate surface area is 164 Å². The summed E-state index contributed by atoms with van der Waals surface area (Å²) in [6, 6.07) is 5.01. The molecule has 0 bridgehead atoms. The van der Waals surface area contributed by atoms with Crippen molar-refractivity contribution in [1.29, 1.82) is 0 Å². The van der Waals surface area contributed by atoms with Crippen LogP contribution in [0.1, 0.15) is 39.7 Å². The van der Waals surface area contributed by atoms with Gasteiger partial charge in [0, 0.05) is 31.1 Å². The van der Waals surface area contributed by atoms with Gasteiger partial charge in [-0.1, -0.05) is 12.1 Å². The van der Waals surface area contributed by atoms with E-state index in [2.05, 4.69) is 25.7 Å². The number of hydrogen-bond acceptors (Lipinski definition) is 4. The molecule has 1 amide bonds. The molecule has 28 heavy (non-hydrogen) atoms. The largest absolute Gasteiger partial charge is 0.490 e. The van der Waals surface area contributed by atoms with Crippen LogP contribution in [0.5, 0.6) is 11.5 Å². The number of amides is 1. The molecule has 0 unspecified atom stereocenters. The molecular weight excluding hydrogens is 370 g/mol. The third-order valence-electron chi connectivity index (χ3n) is 3.41. The Hall–Kier alpha value is -2.58. The van der Waals surface area contributed by atoms with Crippen LogP contribution >= 0.6 is 0 Å². The van der Waals surface area contributed by atoms with Gasteiger partial charge in [0.2, 0.25) is 5.91 Å². The van der Waals surface area contributed by atoms with E-state index in [1.807, 2.05) is 20.8 Å². The SMILES string of the molecule is CCNC(=NCc1cccc(OCC)c1OC(F)F)NCCC(=O)NC(C)C. The van der Waals surface area contributed by atoms with Crippen molar-refractivity contribution in [3.05, 3.63) is 23.8 Å². The van der Waals surface area contributed by atoms with E-state index in [0.29, 0.717) is 37.6 Å². The number of benzene rings is 1. The Kier molecular flexibility index (Phi) is 10.7. The van der Waals surface area contributed by atoms with Gasteiger partial charge < -0.3 is 25.4 Å². The number of guanidine groups is 1. The van der Waals surface area contributed by atoms with Gasteiger partial charge in [-0.3, -0.25) is 4.79 Å². The first kappa shape index (κ1) is 23.5. The number of ether oxygens (including phenoxy) is 2. The highest BCUT2D eigenvalue weighted by molar-refractivity contribution is 5.81. The van der Waals surface area contributed by atoms with Gasteiger partial charge in [0.05, 0.1) is 13.2 Å². The van der Waals surface area contributed by atoms with Crippen LogP contribution < -0.4 is 25.4 Å². The zero-order valence-electron chi connectivity index (χ0n) is 16.9. The third kappa shape index (κ3) is 8.88. The molecule has 0 spiro atoms. The van der Waals surface area contributed by atoms with Gasteiger partial charge in [0.15, 0.2) is 17.5 Å². The molecule has 0 aliphatic rings. The Bertz CT molecular complexity index is 640. The van der Waals surface area contributed by atoms with Crippen molar-refractivity contribution < 1.29 is 23.0 Å². The van der Waals surface area contributed by atoms with E-state index in [4.69, 9.17) is 4.74 Å². The van der Waals surface area contributed by atoms with Crippen molar-refractivity contribution in [3.8, 4) is 11.5 Å². The summed E-state index contributed by atoms with van der Waals surface area (Å²) in [4.78, 5) is 16.1. The van der Waals surface area contributed by atoms with Crippen molar-refractivity contribution in [1.82, 2.24) is 16.0 Å². The van der Waals surface area contributed by atoms with E-state index >= 15 is 0 Å². The molecule has 7 nitrogen and oxygen atoms in total. The van der Waals surface area contributed by atoms with Crippen LogP contribution in [-0.4, -0.2) is 44.2 Å². The van der Waals surface area contributed by atoms with Crippen LogP contribution in [0.15, 0.2) is 23.2 Å². The van der Waals surface area contributed by atoms with Gasteiger partial charge in [-0.25, -0.2) is 4.99 Å². The van der Waals surface area contributed by atoms with E-state index < -0.39 is 6.61 Å². The molecule has 0 atom stereocenters. The van der Waals surface area contributed by atoms with Crippen molar-refractivity contribution >= 4 is 11.9 Å². The van der Waals surface area contributed by atoms with E-state index in [-0.39, 0.29) is 30.0 Å². The molecule has 0 saturated heterocycles. The normalized spacial score (nSPS) is 11.5. The molecule has 158 valence electrons. The van der Waals surface area contributed by atoms with Crippen LogP contribution in [0.4, 0.5) is 8.78 Å². The highest BCUT2D eigenvalue weighted by Crippen LogP contribution is 2.33. The number of alkyl halides is 2. The van der Waals surface area contributed by atoms with E-state index in [0.717, 1.165) is 0 Å². The molecule has 0 aliphatic carbocycles. The number of hydrogen-bond donors (Lipinski definition) is 3. The van der Waals surface area contributed by atoms with Gasteiger partial charge in [-0.05, 0) is 33.8 Å². The highest BCUT2D eigenvalue weighted by atomic mass is 19.3. The first-order valence-electron chi connectivity index (χ1n) is 9.38. The number of carbonyl (C=O) groups is 1. The van der Waals surface area contributed by atoms with Gasteiger partial charge in [0.25, 0.3) is 0 Å². The standard InChI is InChI=1S/C19H30F2N4O3/c1-5-22-19(23-11-10-16(26)25-13(3)4)24-12-14-8-7-9-15(27-6-2)17(14)28-18(20)21/h7-9,13,18H,5-6,10-12H2,1-4H3,(H,25,26)(H2,22,23,24). The fraction of sp³-hybridized carbons (Fsp3) is 0.579. The molecule has 3 N–H and O–H groups in total. The van der Waals surface area contributed by atoms with Crippen molar-refractivity contribution in [2.75, 3.05) is 19.7 Å². The van der Waals surface area contributed by atoms with Crippen molar-refractivity contribution in [3.63, 3.8) is 0 Å². The molecule has 0 aromatic heterocycles. The lowest BCUT2D eigenvalue weighted by Crippen LogP contribution is -2.40. The van der Waals surface area contributed by atoms with E-state index in [1.54, 1.807) is 25.1 Å². The number of nitrogens with one attached hydrogen (secondary N) is 3. The van der Waals surface area contributed by atoms with Gasteiger partial charge in [-0.15, -0.1) is 0 Å². The maximum atomic E-state index is 12.8. The summed E-state index contributed by atoms with van der Waals surface area (Å²) in [5, 5.41) is 8.92. The van der Waals surface area contributed by atoms with Crippen LogP contribution in [0.25, 0.3) is 0 Å². The molecule has 0 aliphatic heterocycles. The van der Waals surface area contributed by atoms with Crippen LogP contribution in [0.2, 0.25) is 0 Å². The van der Waals surface area contributed by atoms with Gasteiger partial charge in [0.1, 0.15) is 0 Å². The number of para-hydroxylation sites is 1. The number of halogens is 2. The summed E-state index contributed by atoms with van der Waals surface area (Å²) in [6.45, 7) is 5.94. The first-order chi connectivity index (χ1) is 13.4. The summed E-state index contributed by atoms with van der Waals surface area (Å²) in [5.41, 5.74) is 0.473. The second-order valence-electron chi connectivity index (χ2n) is 6.15. The monoisotopic (exact) mass is 400 g/mol. The lowest BCUT2D eigenvalue weighted by Gasteiger charge is -2.15. The molecule has 9 heteroatoms. The van der Waals surface area contributed by atoms with E-state index in [9.17, 15) is 13.6 Å². The second kappa shape index (κ2) is 12.7. The molecule has 0 saturated carbocycles. The lowest BCUT2D eigenvalue weighted by atomic mass is 10.2. The maximum Gasteiger partial charge on any atom is 0.387 e. The molecule has 1 aromatic carbocycles. The molecule has 1 rings (SSSR count). The number of carbonyl (C=O) groups excluding carboxylic acids is 1. The van der Waals surface area contributed by atoms with Crippen LogP contribution in [0.3, 0.4) is 0 Å². The first-order valence-corrected chi connectivity index (χ1v) is 9.38. The molecule has 0 fully saturated rings. The minimum absolute atomic E-state index is 0.0183. The van der Waals surface area contributed by atoms with Crippen LogP contribution in [-0.2, 0) is 11.3 Å². The minimum Gasteiger partial charge on any atom is -0.490 e. The van der Waals surface area contributed by atoms with Crippen molar-refractivity contribution in [2.24, 2.45) is 4.99 Å². The highest BCUT2D eigenvalue weighted by Gasteiger charge is 2.15. The zero-order chi connectivity index (χ0) is 20.9. The fourth-order valence-electron chi connectivity index (χ4n) is 2.37. The number of rotatable bonds is 11. The smallest absolute Gasteiger partial charge is 0.387 e. The van der Waals surface area contributed by atoms with Crippen molar-refractivity contribution in [2.45, 2.75) is 53.3 Å². The van der Waals surface area contributed by atoms with E-state index in [1.165, 1.54) is 0 Å². The number of aliphatic imine (C=N–C) groups is 1. The fourth-order valence-corrected chi connectivity index (χ4v) is 2.37. The molecule has 1 aromatic rings. The predicted octanol–water partition coefficient (Wildman–Crippen LogP) is 2.66. The Morgan fingerprint density at radius 1 is 1.21 bits per heavy atom. The summed E-state index contributed by atoms with van der Waals surface area (Å²) in [7, 11) is 0. The Morgan fingerprint density at radius 2 is 1.96 bits per heavy atom. The topological polar surface area (TPSA) is 84.0 Å². The van der Waals surface area contributed by atoms with Crippen LogP contribution in [0, 0.1) is 0 Å². The summed E-state index contributed by atoms with van der Waals surface area (Å²) in [5.74, 6) is 0.647. The molecule has 0 radical (unpaired) electrons. The minimum atomic E-state index is -2.96. The predicted molar refractivity (Wildman–Crippen MR) is 105 cm³/mol. The average Bonchev–Trinajstić information content (AvgIpc) is 2.61. The Balaban J connectivity index is 2.82. The zero-order valence-corrected chi connectivity index (χ0v) is 16.9. The molecular formula is C19H30F2N4O3. The lowest BCUT2D eigenvalue weighted by molar-refractivity contribution is -0.121. The Morgan fingerprint density at radius 3 is 2.57 bits per heavy atom. The second-order valence-corrected chi connectivity index (χ2v) is 6.15.